The second-order valence-corrected chi connectivity index (χ2v) is 6.36. The monoisotopic (exact) mass is 238 g/mol. The van der Waals surface area contributed by atoms with Gasteiger partial charge in [0.05, 0.1) is 0 Å². The summed E-state index contributed by atoms with van der Waals surface area (Å²) in [6.07, 6.45) is 9.83. The topological polar surface area (TPSA) is 24.1 Å². The van der Waals surface area contributed by atoms with Crippen molar-refractivity contribution in [3.8, 4) is 0 Å². The van der Waals surface area contributed by atoms with E-state index in [1.165, 1.54) is 58.0 Å². The van der Waals surface area contributed by atoms with E-state index in [0.29, 0.717) is 6.04 Å². The molecule has 0 spiro atoms. The van der Waals surface area contributed by atoms with Crippen molar-refractivity contribution in [3.63, 3.8) is 0 Å². The second kappa shape index (κ2) is 6.75. The smallest absolute Gasteiger partial charge is 0.00817 e. The maximum absolute atomic E-state index is 3.76. The summed E-state index contributed by atoms with van der Waals surface area (Å²) < 4.78 is 0. The molecule has 4 unspecified atom stereocenters. The molecule has 2 N–H and O–H groups in total. The van der Waals surface area contributed by atoms with Gasteiger partial charge in [-0.05, 0) is 57.5 Å². The number of nitrogens with one attached hydrogen (secondary N) is 2. The van der Waals surface area contributed by atoms with Crippen LogP contribution in [0.5, 0.6) is 0 Å². The average Bonchev–Trinajstić information content (AvgIpc) is 2.74. The lowest BCUT2D eigenvalue weighted by Gasteiger charge is -2.27. The van der Waals surface area contributed by atoms with Crippen molar-refractivity contribution < 1.29 is 0 Å². The largest absolute Gasteiger partial charge is 0.314 e. The van der Waals surface area contributed by atoms with Gasteiger partial charge in [0.15, 0.2) is 0 Å². The van der Waals surface area contributed by atoms with Gasteiger partial charge in [0.25, 0.3) is 0 Å². The van der Waals surface area contributed by atoms with Crippen molar-refractivity contribution >= 4 is 0 Å². The maximum atomic E-state index is 3.76. The minimum Gasteiger partial charge on any atom is -0.314 e. The fourth-order valence-corrected chi connectivity index (χ4v) is 3.51. The molecule has 4 atom stereocenters. The molecule has 0 radical (unpaired) electrons. The Balaban J connectivity index is 1.61. The Kier molecular flexibility index (Phi) is 5.30. The lowest BCUT2D eigenvalue weighted by molar-refractivity contribution is 0.320. The molecule has 1 saturated carbocycles. The molecular weight excluding hydrogens is 208 g/mol. The molecule has 1 saturated heterocycles. The highest BCUT2D eigenvalue weighted by Crippen LogP contribution is 2.30. The van der Waals surface area contributed by atoms with Crippen LogP contribution in [0.4, 0.5) is 0 Å². The van der Waals surface area contributed by atoms with Crippen molar-refractivity contribution in [3.05, 3.63) is 0 Å². The quantitative estimate of drug-likeness (QED) is 0.769. The van der Waals surface area contributed by atoms with Gasteiger partial charge < -0.3 is 10.6 Å². The Morgan fingerprint density at radius 2 is 2.06 bits per heavy atom. The highest BCUT2D eigenvalue weighted by Gasteiger charge is 2.23. The van der Waals surface area contributed by atoms with E-state index in [2.05, 4.69) is 24.5 Å². The third-order valence-corrected chi connectivity index (χ3v) is 4.82. The van der Waals surface area contributed by atoms with E-state index in [-0.39, 0.29) is 0 Å². The third-order valence-electron chi connectivity index (χ3n) is 4.82. The van der Waals surface area contributed by atoms with Gasteiger partial charge in [-0.25, -0.2) is 0 Å². The number of piperidine rings is 1. The first kappa shape index (κ1) is 13.4. The summed E-state index contributed by atoms with van der Waals surface area (Å²) in [4.78, 5) is 0. The first-order chi connectivity index (χ1) is 8.25. The van der Waals surface area contributed by atoms with Gasteiger partial charge >= 0.3 is 0 Å². The molecule has 1 aliphatic heterocycles. The lowest BCUT2D eigenvalue weighted by atomic mass is 9.96. The van der Waals surface area contributed by atoms with Crippen LogP contribution in [0.25, 0.3) is 0 Å². The summed E-state index contributed by atoms with van der Waals surface area (Å²) in [5.41, 5.74) is 0. The lowest BCUT2D eigenvalue weighted by Crippen LogP contribution is -2.41. The van der Waals surface area contributed by atoms with Gasteiger partial charge in [0.1, 0.15) is 0 Å². The summed E-state index contributed by atoms with van der Waals surface area (Å²) >= 11 is 0. The van der Waals surface area contributed by atoms with Crippen molar-refractivity contribution in [2.75, 3.05) is 13.1 Å². The molecule has 100 valence electrons. The molecule has 0 aromatic heterocycles. The summed E-state index contributed by atoms with van der Waals surface area (Å²) in [6.45, 7) is 7.26. The van der Waals surface area contributed by atoms with Crippen LogP contribution in [-0.2, 0) is 0 Å². The van der Waals surface area contributed by atoms with Crippen LogP contribution in [0, 0.1) is 11.8 Å². The van der Waals surface area contributed by atoms with Gasteiger partial charge in [-0.1, -0.05) is 26.2 Å². The van der Waals surface area contributed by atoms with Crippen molar-refractivity contribution in [2.45, 2.75) is 70.9 Å². The van der Waals surface area contributed by atoms with E-state index in [0.717, 1.165) is 17.9 Å². The van der Waals surface area contributed by atoms with Crippen LogP contribution in [-0.4, -0.2) is 25.2 Å². The minimum atomic E-state index is 0.679. The van der Waals surface area contributed by atoms with E-state index in [1.807, 2.05) is 0 Å². The summed E-state index contributed by atoms with van der Waals surface area (Å²) in [6, 6.07) is 1.45. The minimum absolute atomic E-state index is 0.679. The van der Waals surface area contributed by atoms with Crippen LogP contribution in [0.2, 0.25) is 0 Å². The first-order valence-electron chi connectivity index (χ1n) is 7.72. The number of hydrogen-bond donors (Lipinski definition) is 2. The third kappa shape index (κ3) is 4.26. The Hall–Kier alpha value is -0.0800. The predicted molar refractivity (Wildman–Crippen MR) is 74.2 cm³/mol. The maximum Gasteiger partial charge on any atom is 0.00817 e. The van der Waals surface area contributed by atoms with E-state index in [9.17, 15) is 0 Å². The molecule has 2 nitrogen and oxygen atoms in total. The van der Waals surface area contributed by atoms with Crippen molar-refractivity contribution in [1.29, 1.82) is 0 Å². The van der Waals surface area contributed by atoms with Gasteiger partial charge in [-0.3, -0.25) is 0 Å². The Morgan fingerprint density at radius 3 is 2.71 bits per heavy atom. The van der Waals surface area contributed by atoms with Crippen LogP contribution in [0.15, 0.2) is 0 Å². The van der Waals surface area contributed by atoms with Gasteiger partial charge in [0.2, 0.25) is 0 Å². The Bertz CT molecular complexity index is 211. The molecule has 0 amide bonds. The molecule has 2 fully saturated rings. The summed E-state index contributed by atoms with van der Waals surface area (Å²) in [5, 5.41) is 7.41. The average molecular weight is 238 g/mol. The summed E-state index contributed by atoms with van der Waals surface area (Å²) in [7, 11) is 0. The molecule has 2 rings (SSSR count). The van der Waals surface area contributed by atoms with Crippen LogP contribution in [0.1, 0.15) is 58.8 Å². The Labute approximate surface area is 107 Å². The number of hydrogen-bond acceptors (Lipinski definition) is 2. The molecule has 0 aromatic rings. The van der Waals surface area contributed by atoms with Gasteiger partial charge in [-0.15, -0.1) is 0 Å². The molecule has 0 aromatic carbocycles. The fraction of sp³-hybridized carbons (Fsp3) is 1.00. The second-order valence-electron chi connectivity index (χ2n) is 6.36. The molecule has 1 heterocycles. The van der Waals surface area contributed by atoms with Gasteiger partial charge in [-0.2, -0.15) is 0 Å². The zero-order valence-corrected chi connectivity index (χ0v) is 11.7. The van der Waals surface area contributed by atoms with E-state index < -0.39 is 0 Å². The first-order valence-corrected chi connectivity index (χ1v) is 7.72. The molecule has 2 aliphatic rings. The van der Waals surface area contributed by atoms with E-state index in [4.69, 9.17) is 0 Å². The zero-order chi connectivity index (χ0) is 12.1. The molecule has 17 heavy (non-hydrogen) atoms. The van der Waals surface area contributed by atoms with Crippen molar-refractivity contribution in [1.82, 2.24) is 10.6 Å². The summed E-state index contributed by atoms with van der Waals surface area (Å²) in [5.74, 6) is 1.89. The van der Waals surface area contributed by atoms with Crippen molar-refractivity contribution in [2.24, 2.45) is 11.8 Å². The SMILES string of the molecule is CC(CC1CCCCN1)NCC1CCCC1C. The van der Waals surface area contributed by atoms with Crippen LogP contribution >= 0.6 is 0 Å². The highest BCUT2D eigenvalue weighted by atomic mass is 15.0. The molecular formula is C15H30N2. The highest BCUT2D eigenvalue weighted by molar-refractivity contribution is 4.80. The standard InChI is InChI=1S/C15H30N2/c1-12-6-5-7-14(12)11-17-13(2)10-15-8-3-4-9-16-15/h12-17H,3-11H2,1-2H3. The van der Waals surface area contributed by atoms with E-state index >= 15 is 0 Å². The molecule has 2 heteroatoms. The van der Waals surface area contributed by atoms with Crippen LogP contribution in [0.3, 0.4) is 0 Å². The predicted octanol–water partition coefficient (Wildman–Crippen LogP) is 2.93. The normalized spacial score (nSPS) is 36.0. The van der Waals surface area contributed by atoms with Crippen LogP contribution < -0.4 is 10.6 Å². The zero-order valence-electron chi connectivity index (χ0n) is 11.7. The molecule has 1 aliphatic carbocycles. The fourth-order valence-electron chi connectivity index (χ4n) is 3.51. The Morgan fingerprint density at radius 1 is 1.18 bits per heavy atom. The van der Waals surface area contributed by atoms with E-state index in [1.54, 1.807) is 0 Å². The van der Waals surface area contributed by atoms with Gasteiger partial charge in [0, 0.05) is 12.1 Å². The molecule has 0 bridgehead atoms. The number of rotatable bonds is 5.